The topological polar surface area (TPSA) is 29.3 Å². The van der Waals surface area contributed by atoms with E-state index in [1.54, 1.807) is 0 Å². The van der Waals surface area contributed by atoms with E-state index < -0.39 is 0 Å². The van der Waals surface area contributed by atoms with Crippen LogP contribution in [0.15, 0.2) is 24.3 Å². The molecule has 1 aliphatic rings. The monoisotopic (exact) mass is 178 g/mol. The van der Waals surface area contributed by atoms with Gasteiger partial charge in [0.2, 0.25) is 0 Å². The molecule has 0 amide bonds. The molecular weight excluding hydrogens is 168 g/mol. The fraction of sp³-hybridized carbons (Fsp3) is 0.222. The van der Waals surface area contributed by atoms with Crippen LogP contribution in [0, 0.1) is 0 Å². The fourth-order valence-electron chi connectivity index (χ4n) is 1.49. The molecule has 2 nitrogen and oxygen atoms in total. The van der Waals surface area contributed by atoms with Gasteiger partial charge in [-0.25, -0.2) is 0 Å². The molecule has 12 heavy (non-hydrogen) atoms. The third-order valence-corrected chi connectivity index (χ3v) is 2.41. The Morgan fingerprint density at radius 1 is 1.25 bits per heavy atom. The molecule has 1 heterocycles. The maximum atomic E-state index is 5.53. The van der Waals surface area contributed by atoms with E-state index in [2.05, 4.69) is 12.1 Å². The maximum Gasteiger partial charge on any atom is 0.166 e. The second kappa shape index (κ2) is 2.75. The van der Waals surface area contributed by atoms with Crippen LogP contribution in [0.5, 0.6) is 0 Å². The minimum absolute atomic E-state index is 0.492. The minimum atomic E-state index is 0.492. The summed E-state index contributed by atoms with van der Waals surface area (Å²) in [7, 11) is 0. The van der Waals surface area contributed by atoms with Crippen molar-refractivity contribution in [3.05, 3.63) is 35.4 Å². The average molecular weight is 178 g/mol. The summed E-state index contributed by atoms with van der Waals surface area (Å²) >= 11 is 4.91. The third kappa shape index (κ3) is 1.16. The molecule has 1 aromatic rings. The molecule has 2 N–H and O–H groups in total. The van der Waals surface area contributed by atoms with E-state index >= 15 is 0 Å². The molecule has 0 unspecified atom stereocenters. The van der Waals surface area contributed by atoms with Crippen LogP contribution in [0.25, 0.3) is 0 Å². The third-order valence-electron chi connectivity index (χ3n) is 2.15. The lowest BCUT2D eigenvalue weighted by atomic mass is 10.1. The Labute approximate surface area is 77.0 Å². The van der Waals surface area contributed by atoms with Crippen LogP contribution in [-0.4, -0.2) is 10.0 Å². The Morgan fingerprint density at radius 3 is 2.17 bits per heavy atom. The quantitative estimate of drug-likeness (QED) is 0.606. The molecule has 0 aliphatic carbocycles. The van der Waals surface area contributed by atoms with Crippen LogP contribution < -0.4 is 5.73 Å². The van der Waals surface area contributed by atoms with Gasteiger partial charge in [-0.2, -0.15) is 0 Å². The van der Waals surface area contributed by atoms with Gasteiger partial charge in [-0.05, 0) is 23.3 Å². The first kappa shape index (κ1) is 7.55. The number of nitrogens with two attached hydrogens (primary N) is 1. The molecule has 3 heteroatoms. The molecule has 2 rings (SSSR count). The van der Waals surface area contributed by atoms with Gasteiger partial charge in [-0.3, -0.25) is 0 Å². The molecule has 0 saturated heterocycles. The standard InChI is InChI=1S/C9H10N2S/c10-9(12)11-5-7-3-1-2-4-8(7)6-11/h1-4H,5-6H2,(H2,10,12). The number of rotatable bonds is 0. The van der Waals surface area contributed by atoms with Crippen LogP contribution in [0.2, 0.25) is 0 Å². The number of nitrogens with zero attached hydrogens (tertiary/aromatic N) is 1. The van der Waals surface area contributed by atoms with Crippen molar-refractivity contribution in [1.82, 2.24) is 4.90 Å². The van der Waals surface area contributed by atoms with Crippen LogP contribution in [0.3, 0.4) is 0 Å². The van der Waals surface area contributed by atoms with Crippen LogP contribution in [0.4, 0.5) is 0 Å². The van der Waals surface area contributed by atoms with Crippen LogP contribution in [0.1, 0.15) is 11.1 Å². The Morgan fingerprint density at radius 2 is 1.75 bits per heavy atom. The van der Waals surface area contributed by atoms with Crippen molar-refractivity contribution in [2.75, 3.05) is 0 Å². The molecule has 0 fully saturated rings. The molecule has 0 bridgehead atoms. The Hall–Kier alpha value is -1.09. The zero-order chi connectivity index (χ0) is 8.55. The summed E-state index contributed by atoms with van der Waals surface area (Å²) in [5, 5.41) is 0.492. The van der Waals surface area contributed by atoms with E-state index in [4.69, 9.17) is 18.0 Å². The van der Waals surface area contributed by atoms with Crippen LogP contribution >= 0.6 is 12.2 Å². The van der Waals surface area contributed by atoms with E-state index in [9.17, 15) is 0 Å². The Kier molecular flexibility index (Phi) is 1.73. The van der Waals surface area contributed by atoms with Gasteiger partial charge in [0.25, 0.3) is 0 Å². The SMILES string of the molecule is NC(=S)N1Cc2ccccc2C1. The van der Waals surface area contributed by atoms with Gasteiger partial charge in [0.15, 0.2) is 5.11 Å². The van der Waals surface area contributed by atoms with Gasteiger partial charge in [-0.1, -0.05) is 24.3 Å². The predicted octanol–water partition coefficient (Wildman–Crippen LogP) is 1.25. The number of thiocarbonyl (C=S) groups is 1. The smallest absolute Gasteiger partial charge is 0.166 e. The van der Waals surface area contributed by atoms with E-state index in [0.717, 1.165) is 13.1 Å². The zero-order valence-electron chi connectivity index (χ0n) is 6.66. The summed E-state index contributed by atoms with van der Waals surface area (Å²) in [6.45, 7) is 1.73. The van der Waals surface area contributed by atoms with Crippen molar-refractivity contribution < 1.29 is 0 Å². The van der Waals surface area contributed by atoms with E-state index in [1.165, 1.54) is 11.1 Å². The lowest BCUT2D eigenvalue weighted by Crippen LogP contribution is -2.30. The highest BCUT2D eigenvalue weighted by Gasteiger charge is 2.18. The van der Waals surface area contributed by atoms with E-state index in [-0.39, 0.29) is 0 Å². The van der Waals surface area contributed by atoms with Crippen molar-refractivity contribution in [1.29, 1.82) is 0 Å². The van der Waals surface area contributed by atoms with Gasteiger partial charge >= 0.3 is 0 Å². The molecular formula is C9H10N2S. The Bertz CT molecular complexity index is 297. The molecule has 0 atom stereocenters. The summed E-state index contributed by atoms with van der Waals surface area (Å²) in [5.41, 5.74) is 8.21. The molecule has 1 aliphatic heterocycles. The first-order valence-electron chi connectivity index (χ1n) is 3.88. The zero-order valence-corrected chi connectivity index (χ0v) is 7.47. The first-order chi connectivity index (χ1) is 5.77. The van der Waals surface area contributed by atoms with E-state index in [0.29, 0.717) is 5.11 Å². The van der Waals surface area contributed by atoms with Gasteiger partial charge in [0.05, 0.1) is 0 Å². The summed E-state index contributed by atoms with van der Waals surface area (Å²) in [4.78, 5) is 2.00. The number of fused-ring (bicyclic) bond motifs is 1. The van der Waals surface area contributed by atoms with Crippen molar-refractivity contribution >= 4 is 17.3 Å². The van der Waals surface area contributed by atoms with E-state index in [1.807, 2.05) is 17.0 Å². The molecule has 0 radical (unpaired) electrons. The maximum absolute atomic E-state index is 5.53. The molecule has 1 aromatic carbocycles. The fourth-order valence-corrected chi connectivity index (χ4v) is 1.62. The van der Waals surface area contributed by atoms with Gasteiger partial charge in [0, 0.05) is 13.1 Å². The van der Waals surface area contributed by atoms with Crippen molar-refractivity contribution in [3.8, 4) is 0 Å². The van der Waals surface area contributed by atoms with Crippen LogP contribution in [-0.2, 0) is 13.1 Å². The highest BCUT2D eigenvalue weighted by molar-refractivity contribution is 7.80. The summed E-state index contributed by atoms with van der Waals surface area (Å²) in [6, 6.07) is 8.32. The lowest BCUT2D eigenvalue weighted by Gasteiger charge is -2.13. The van der Waals surface area contributed by atoms with Gasteiger partial charge in [0.1, 0.15) is 0 Å². The molecule has 0 spiro atoms. The number of hydrogen-bond donors (Lipinski definition) is 1. The normalized spacial score (nSPS) is 14.5. The summed E-state index contributed by atoms with van der Waals surface area (Å²) < 4.78 is 0. The summed E-state index contributed by atoms with van der Waals surface area (Å²) in [5.74, 6) is 0. The van der Waals surface area contributed by atoms with Gasteiger partial charge < -0.3 is 10.6 Å². The first-order valence-corrected chi connectivity index (χ1v) is 4.29. The minimum Gasteiger partial charge on any atom is -0.376 e. The highest BCUT2D eigenvalue weighted by atomic mass is 32.1. The van der Waals surface area contributed by atoms with Crippen molar-refractivity contribution in [3.63, 3.8) is 0 Å². The Balaban J connectivity index is 2.27. The van der Waals surface area contributed by atoms with Crippen molar-refractivity contribution in [2.24, 2.45) is 5.73 Å². The molecule has 62 valence electrons. The lowest BCUT2D eigenvalue weighted by molar-refractivity contribution is 0.451. The summed E-state index contributed by atoms with van der Waals surface area (Å²) in [6.07, 6.45) is 0. The van der Waals surface area contributed by atoms with Crippen molar-refractivity contribution in [2.45, 2.75) is 13.1 Å². The second-order valence-corrected chi connectivity index (χ2v) is 3.38. The molecule has 0 aromatic heterocycles. The number of hydrogen-bond acceptors (Lipinski definition) is 1. The number of benzene rings is 1. The molecule has 0 saturated carbocycles. The second-order valence-electron chi connectivity index (χ2n) is 2.96. The predicted molar refractivity (Wildman–Crippen MR) is 52.5 cm³/mol. The highest BCUT2D eigenvalue weighted by Crippen LogP contribution is 2.21. The average Bonchev–Trinajstić information content (AvgIpc) is 2.46. The largest absolute Gasteiger partial charge is 0.376 e. The van der Waals surface area contributed by atoms with Gasteiger partial charge in [-0.15, -0.1) is 0 Å².